The van der Waals surface area contributed by atoms with Crippen molar-refractivity contribution in [2.75, 3.05) is 25.0 Å². The Bertz CT molecular complexity index is 898. The predicted molar refractivity (Wildman–Crippen MR) is 94.2 cm³/mol. The van der Waals surface area contributed by atoms with Crippen molar-refractivity contribution in [3.63, 3.8) is 0 Å². The van der Waals surface area contributed by atoms with E-state index in [1.165, 1.54) is 22.6 Å². The molecule has 0 aliphatic carbocycles. The van der Waals surface area contributed by atoms with Gasteiger partial charge in [0.1, 0.15) is 11.7 Å². The Kier molecular flexibility index (Phi) is 5.30. The van der Waals surface area contributed by atoms with Crippen molar-refractivity contribution in [1.29, 1.82) is 5.26 Å². The van der Waals surface area contributed by atoms with E-state index in [9.17, 15) is 18.8 Å². The van der Waals surface area contributed by atoms with Gasteiger partial charge >= 0.3 is 6.03 Å². The van der Waals surface area contributed by atoms with Crippen LogP contribution in [0.3, 0.4) is 0 Å². The van der Waals surface area contributed by atoms with Crippen molar-refractivity contribution < 1.29 is 18.3 Å². The number of alkyl halides is 2. The van der Waals surface area contributed by atoms with E-state index in [1.807, 2.05) is 6.07 Å². The minimum absolute atomic E-state index is 0.0268. The average molecular weight is 396 g/mol. The summed E-state index contributed by atoms with van der Waals surface area (Å²) < 4.78 is 32.8. The maximum absolute atomic E-state index is 13.1. The lowest BCUT2D eigenvalue weighted by atomic mass is 10.1. The highest BCUT2D eigenvalue weighted by molar-refractivity contribution is 6.30. The molecule has 1 aromatic heterocycles. The van der Waals surface area contributed by atoms with Gasteiger partial charge < -0.3 is 9.64 Å². The van der Waals surface area contributed by atoms with E-state index in [-0.39, 0.29) is 25.5 Å². The number of nitrogens with zero attached hydrogens (tertiary/aromatic N) is 4. The molecule has 1 N–H and O–H groups in total. The van der Waals surface area contributed by atoms with Crippen molar-refractivity contribution in [2.45, 2.75) is 19.0 Å². The molecule has 0 unspecified atom stereocenters. The number of rotatable bonds is 3. The van der Waals surface area contributed by atoms with E-state index in [1.54, 1.807) is 24.4 Å². The Balaban J connectivity index is 1.73. The number of nitriles is 1. The van der Waals surface area contributed by atoms with Gasteiger partial charge in [-0.2, -0.15) is 5.26 Å². The second-order valence-electron chi connectivity index (χ2n) is 6.23. The summed E-state index contributed by atoms with van der Waals surface area (Å²) in [5, 5.41) is 16.4. The zero-order valence-corrected chi connectivity index (χ0v) is 15.1. The SMILES string of the molecule is C[C@@]1(C(F)F)CN(C(=O)Nc2ccn(-c3ccc(Cl)cc3C#N)n2)CCO1. The fraction of sp³-hybridized carbons (Fsp3) is 0.353. The molecule has 3 rings (SSSR count). The summed E-state index contributed by atoms with van der Waals surface area (Å²) in [4.78, 5) is 13.6. The number of urea groups is 1. The van der Waals surface area contributed by atoms with Gasteiger partial charge in [-0.3, -0.25) is 5.32 Å². The Morgan fingerprint density at radius 1 is 1.48 bits per heavy atom. The number of ether oxygens (including phenoxy) is 1. The molecule has 0 saturated carbocycles. The smallest absolute Gasteiger partial charge is 0.323 e. The largest absolute Gasteiger partial charge is 0.366 e. The number of halogens is 3. The summed E-state index contributed by atoms with van der Waals surface area (Å²) in [5.74, 6) is 0.226. The van der Waals surface area contributed by atoms with E-state index < -0.39 is 18.1 Å². The van der Waals surface area contributed by atoms with E-state index in [4.69, 9.17) is 16.3 Å². The molecule has 2 aromatic rings. The van der Waals surface area contributed by atoms with E-state index in [0.29, 0.717) is 16.3 Å². The fourth-order valence-electron chi connectivity index (χ4n) is 2.71. The van der Waals surface area contributed by atoms with Crippen LogP contribution in [0.15, 0.2) is 30.5 Å². The molecule has 1 atom stereocenters. The molecule has 1 aliphatic rings. The number of hydrogen-bond acceptors (Lipinski definition) is 4. The summed E-state index contributed by atoms with van der Waals surface area (Å²) in [6.45, 7) is 1.27. The number of hydrogen-bond donors (Lipinski definition) is 1. The zero-order valence-electron chi connectivity index (χ0n) is 14.3. The number of morpholine rings is 1. The third-order valence-corrected chi connectivity index (χ3v) is 4.43. The van der Waals surface area contributed by atoms with Crippen molar-refractivity contribution in [3.05, 3.63) is 41.0 Å². The lowest BCUT2D eigenvalue weighted by Gasteiger charge is -2.39. The number of anilines is 1. The molecule has 0 radical (unpaired) electrons. The summed E-state index contributed by atoms with van der Waals surface area (Å²) in [6.07, 6.45) is -1.14. The first-order valence-electron chi connectivity index (χ1n) is 8.06. The van der Waals surface area contributed by atoms with Gasteiger partial charge in [0.25, 0.3) is 6.43 Å². The monoisotopic (exact) mass is 395 g/mol. The maximum Gasteiger partial charge on any atom is 0.323 e. The number of aromatic nitrogens is 2. The molecule has 1 aromatic carbocycles. The molecule has 27 heavy (non-hydrogen) atoms. The number of nitrogens with one attached hydrogen (secondary N) is 1. The summed E-state index contributed by atoms with van der Waals surface area (Å²) in [6, 6.07) is 7.79. The first kappa shape index (κ1) is 19.1. The molecule has 10 heteroatoms. The molecule has 7 nitrogen and oxygen atoms in total. The van der Waals surface area contributed by atoms with Crippen LogP contribution in [0.5, 0.6) is 0 Å². The first-order valence-corrected chi connectivity index (χ1v) is 8.44. The second kappa shape index (κ2) is 7.50. The second-order valence-corrected chi connectivity index (χ2v) is 6.67. The van der Waals surface area contributed by atoms with Gasteiger partial charge in [-0.05, 0) is 25.1 Å². The molecular formula is C17H16ClF2N5O2. The van der Waals surface area contributed by atoms with Gasteiger partial charge in [0, 0.05) is 23.8 Å². The number of carbonyl (C=O) groups excluding carboxylic acids is 1. The van der Waals surface area contributed by atoms with Gasteiger partial charge in [0.05, 0.1) is 24.4 Å². The molecule has 2 amide bonds. The predicted octanol–water partition coefficient (Wildman–Crippen LogP) is 3.29. The van der Waals surface area contributed by atoms with Crippen LogP contribution in [-0.2, 0) is 4.74 Å². The van der Waals surface area contributed by atoms with Crippen LogP contribution in [0.4, 0.5) is 19.4 Å². The van der Waals surface area contributed by atoms with E-state index in [0.717, 1.165) is 0 Å². The molecule has 1 aliphatic heterocycles. The molecule has 1 fully saturated rings. The first-order chi connectivity index (χ1) is 12.8. The third kappa shape index (κ3) is 4.02. The number of carbonyl (C=O) groups is 1. The topological polar surface area (TPSA) is 83.2 Å². The Hall–Kier alpha value is -2.70. The normalized spacial score (nSPS) is 19.8. The molecule has 1 saturated heterocycles. The minimum atomic E-state index is -2.71. The Morgan fingerprint density at radius 2 is 2.26 bits per heavy atom. The molecule has 0 bridgehead atoms. The minimum Gasteiger partial charge on any atom is -0.366 e. The maximum atomic E-state index is 13.1. The van der Waals surface area contributed by atoms with Crippen molar-refractivity contribution in [3.8, 4) is 11.8 Å². The van der Waals surface area contributed by atoms with Crippen LogP contribution in [-0.4, -0.2) is 52.4 Å². The van der Waals surface area contributed by atoms with Crippen molar-refractivity contribution >= 4 is 23.4 Å². The van der Waals surface area contributed by atoms with Crippen LogP contribution < -0.4 is 5.32 Å². The standard InChI is InChI=1S/C17H16ClF2N5O2/c1-17(15(19)20)10-24(6-7-27-17)16(26)22-14-4-5-25(23-14)13-3-2-12(18)8-11(13)9-21/h2-5,8,15H,6-7,10H2,1H3,(H,22,23,26)/t17-/m0/s1. The summed E-state index contributed by atoms with van der Waals surface area (Å²) in [7, 11) is 0. The highest BCUT2D eigenvalue weighted by Crippen LogP contribution is 2.25. The van der Waals surface area contributed by atoms with Crippen LogP contribution >= 0.6 is 11.6 Å². The van der Waals surface area contributed by atoms with Gasteiger partial charge in [0.15, 0.2) is 5.82 Å². The van der Waals surface area contributed by atoms with Crippen LogP contribution in [0.25, 0.3) is 5.69 Å². The highest BCUT2D eigenvalue weighted by atomic mass is 35.5. The van der Waals surface area contributed by atoms with Crippen LogP contribution in [0.1, 0.15) is 12.5 Å². The zero-order chi connectivity index (χ0) is 19.6. The lowest BCUT2D eigenvalue weighted by molar-refractivity contribution is -0.161. The highest BCUT2D eigenvalue weighted by Gasteiger charge is 2.42. The van der Waals surface area contributed by atoms with Crippen LogP contribution in [0.2, 0.25) is 5.02 Å². The quantitative estimate of drug-likeness (QED) is 0.864. The summed E-state index contributed by atoms with van der Waals surface area (Å²) >= 11 is 5.88. The van der Waals surface area contributed by atoms with Gasteiger partial charge in [-0.25, -0.2) is 18.3 Å². The average Bonchev–Trinajstić information content (AvgIpc) is 3.09. The van der Waals surface area contributed by atoms with Crippen LogP contribution in [0, 0.1) is 11.3 Å². The van der Waals surface area contributed by atoms with E-state index >= 15 is 0 Å². The number of benzene rings is 1. The fourth-order valence-corrected chi connectivity index (χ4v) is 2.88. The molecule has 142 valence electrons. The summed E-state index contributed by atoms with van der Waals surface area (Å²) in [5.41, 5.74) is -0.872. The van der Waals surface area contributed by atoms with Crippen molar-refractivity contribution in [1.82, 2.24) is 14.7 Å². The molecular weight excluding hydrogens is 380 g/mol. The Morgan fingerprint density at radius 3 is 2.96 bits per heavy atom. The van der Waals surface area contributed by atoms with Gasteiger partial charge in [-0.1, -0.05) is 11.6 Å². The number of amides is 2. The van der Waals surface area contributed by atoms with Gasteiger partial charge in [-0.15, -0.1) is 5.10 Å². The van der Waals surface area contributed by atoms with E-state index in [2.05, 4.69) is 10.4 Å². The Labute approximate surface area is 159 Å². The molecule has 0 spiro atoms. The molecule has 2 heterocycles. The third-order valence-electron chi connectivity index (χ3n) is 4.20. The van der Waals surface area contributed by atoms with Gasteiger partial charge in [0.2, 0.25) is 0 Å². The van der Waals surface area contributed by atoms with Crippen molar-refractivity contribution in [2.24, 2.45) is 0 Å². The lowest BCUT2D eigenvalue weighted by Crippen LogP contribution is -2.56.